The lowest BCUT2D eigenvalue weighted by Gasteiger charge is -2.22. The summed E-state index contributed by atoms with van der Waals surface area (Å²) >= 11 is 0. The summed E-state index contributed by atoms with van der Waals surface area (Å²) in [5.41, 5.74) is 2.72. The molecule has 0 spiro atoms. The van der Waals surface area contributed by atoms with Gasteiger partial charge in [0.1, 0.15) is 0 Å². The minimum atomic E-state index is 0.0359. The van der Waals surface area contributed by atoms with E-state index >= 15 is 0 Å². The van der Waals surface area contributed by atoms with Crippen LogP contribution in [0.25, 0.3) is 0 Å². The lowest BCUT2D eigenvalue weighted by Crippen LogP contribution is -2.27. The monoisotopic (exact) mass is 305 g/mol. The summed E-state index contributed by atoms with van der Waals surface area (Å²) < 4.78 is 0. The number of piperidine rings is 1. The number of aliphatic hydroxyl groups excluding tert-OH is 1. The molecular weight excluding hydrogens is 270 g/mol. The zero-order valence-corrected chi connectivity index (χ0v) is 14.6. The minimum absolute atomic E-state index is 0.0359. The number of hydrogen-bond donors (Lipinski definition) is 2. The van der Waals surface area contributed by atoms with Crippen LogP contribution in [-0.2, 0) is 0 Å². The molecule has 22 heavy (non-hydrogen) atoms. The third-order valence-corrected chi connectivity index (χ3v) is 4.45. The predicted octanol–water partition coefficient (Wildman–Crippen LogP) is 4.77. The van der Waals surface area contributed by atoms with E-state index in [1.54, 1.807) is 0 Å². The van der Waals surface area contributed by atoms with Gasteiger partial charge >= 0.3 is 0 Å². The second-order valence-corrected chi connectivity index (χ2v) is 6.88. The summed E-state index contributed by atoms with van der Waals surface area (Å²) in [6, 6.07) is 0. The average molecular weight is 306 g/mol. The molecule has 2 N–H and O–H groups in total. The van der Waals surface area contributed by atoms with E-state index in [2.05, 4.69) is 37.9 Å². The Bertz CT molecular complexity index is 354. The molecular formula is C20H35NO. The molecule has 1 aliphatic heterocycles. The highest BCUT2D eigenvalue weighted by Gasteiger charge is 2.13. The number of hydrogen-bond acceptors (Lipinski definition) is 2. The average Bonchev–Trinajstić information content (AvgIpc) is 2.53. The van der Waals surface area contributed by atoms with Gasteiger partial charge in [0.05, 0.1) is 6.10 Å². The van der Waals surface area contributed by atoms with Crippen LogP contribution in [0.1, 0.15) is 65.2 Å². The molecule has 0 radical (unpaired) electrons. The Balaban J connectivity index is 0.000000287. The molecule has 1 heterocycles. The molecule has 0 bridgehead atoms. The van der Waals surface area contributed by atoms with Crippen LogP contribution in [0.5, 0.6) is 0 Å². The van der Waals surface area contributed by atoms with Crippen LogP contribution in [-0.4, -0.2) is 24.3 Å². The maximum atomic E-state index is 8.91. The van der Waals surface area contributed by atoms with E-state index in [0.29, 0.717) is 0 Å². The van der Waals surface area contributed by atoms with Gasteiger partial charge in [-0.15, -0.1) is 0 Å². The first-order valence-electron chi connectivity index (χ1n) is 8.97. The van der Waals surface area contributed by atoms with Gasteiger partial charge in [-0.3, -0.25) is 0 Å². The first-order valence-corrected chi connectivity index (χ1v) is 8.97. The van der Waals surface area contributed by atoms with Gasteiger partial charge in [0, 0.05) is 0 Å². The van der Waals surface area contributed by atoms with E-state index in [1.165, 1.54) is 62.8 Å². The van der Waals surface area contributed by atoms with Crippen molar-refractivity contribution >= 4 is 0 Å². The second-order valence-electron chi connectivity index (χ2n) is 6.88. The van der Waals surface area contributed by atoms with Gasteiger partial charge in [-0.1, -0.05) is 49.6 Å². The Morgan fingerprint density at radius 2 is 1.68 bits per heavy atom. The van der Waals surface area contributed by atoms with Crippen LogP contribution in [0.15, 0.2) is 36.0 Å². The largest absolute Gasteiger partial charge is 0.393 e. The normalized spacial score (nSPS) is 20.8. The molecule has 0 amide bonds. The summed E-state index contributed by atoms with van der Waals surface area (Å²) in [6.07, 6.45) is 16.1. The fourth-order valence-corrected chi connectivity index (χ4v) is 2.99. The maximum Gasteiger partial charge on any atom is 0.0540 e. The van der Waals surface area contributed by atoms with E-state index < -0.39 is 0 Å². The molecule has 2 fully saturated rings. The molecule has 0 aromatic rings. The molecule has 1 aliphatic carbocycles. The fraction of sp³-hybridized carbons (Fsp3) is 0.700. The van der Waals surface area contributed by atoms with Gasteiger partial charge in [0.2, 0.25) is 0 Å². The van der Waals surface area contributed by atoms with Gasteiger partial charge in [0.15, 0.2) is 0 Å². The van der Waals surface area contributed by atoms with Crippen molar-refractivity contribution in [2.24, 2.45) is 5.92 Å². The molecule has 0 atom stereocenters. The third kappa shape index (κ3) is 9.22. The van der Waals surface area contributed by atoms with Gasteiger partial charge in [-0.2, -0.15) is 0 Å². The van der Waals surface area contributed by atoms with Crippen molar-refractivity contribution in [3.05, 3.63) is 36.0 Å². The van der Waals surface area contributed by atoms with Crippen LogP contribution in [0.4, 0.5) is 0 Å². The summed E-state index contributed by atoms with van der Waals surface area (Å²) in [7, 11) is 0. The minimum Gasteiger partial charge on any atom is -0.393 e. The SMILES string of the molecule is C=C/C(=C\C=C(C)C)CC1CCNCC1.OC1CCCCC1. The molecule has 126 valence electrons. The summed E-state index contributed by atoms with van der Waals surface area (Å²) in [5, 5.41) is 12.3. The van der Waals surface area contributed by atoms with Crippen molar-refractivity contribution in [1.29, 1.82) is 0 Å². The lowest BCUT2D eigenvalue weighted by molar-refractivity contribution is 0.130. The Morgan fingerprint density at radius 1 is 1.05 bits per heavy atom. The first-order chi connectivity index (χ1) is 10.6. The van der Waals surface area contributed by atoms with Crippen molar-refractivity contribution in [2.75, 3.05) is 13.1 Å². The number of aliphatic hydroxyl groups is 1. The molecule has 2 aliphatic rings. The fourth-order valence-electron chi connectivity index (χ4n) is 2.99. The molecule has 1 saturated heterocycles. The predicted molar refractivity (Wildman–Crippen MR) is 97.0 cm³/mol. The smallest absolute Gasteiger partial charge is 0.0540 e. The van der Waals surface area contributed by atoms with Crippen LogP contribution < -0.4 is 5.32 Å². The van der Waals surface area contributed by atoms with Crippen LogP contribution in [0, 0.1) is 5.92 Å². The third-order valence-electron chi connectivity index (χ3n) is 4.45. The first kappa shape index (κ1) is 19.2. The van der Waals surface area contributed by atoms with E-state index in [-0.39, 0.29) is 6.10 Å². The highest BCUT2D eigenvalue weighted by molar-refractivity contribution is 5.24. The van der Waals surface area contributed by atoms with Crippen LogP contribution in [0.2, 0.25) is 0 Å². The maximum absolute atomic E-state index is 8.91. The second kappa shape index (κ2) is 11.7. The summed E-state index contributed by atoms with van der Waals surface area (Å²) in [5.74, 6) is 0.848. The van der Waals surface area contributed by atoms with Crippen molar-refractivity contribution in [1.82, 2.24) is 5.32 Å². The van der Waals surface area contributed by atoms with E-state index in [9.17, 15) is 0 Å². The molecule has 0 aromatic heterocycles. The van der Waals surface area contributed by atoms with Crippen molar-refractivity contribution in [2.45, 2.75) is 71.3 Å². The molecule has 1 saturated carbocycles. The van der Waals surface area contributed by atoms with Crippen molar-refractivity contribution < 1.29 is 5.11 Å². The highest BCUT2D eigenvalue weighted by atomic mass is 16.3. The van der Waals surface area contributed by atoms with E-state index in [0.717, 1.165) is 18.8 Å². The Morgan fingerprint density at radius 3 is 2.14 bits per heavy atom. The zero-order valence-electron chi connectivity index (χ0n) is 14.6. The topological polar surface area (TPSA) is 32.3 Å². The molecule has 0 aromatic carbocycles. The van der Waals surface area contributed by atoms with E-state index in [1.807, 2.05) is 6.08 Å². The van der Waals surface area contributed by atoms with Crippen LogP contribution in [0.3, 0.4) is 0 Å². The number of nitrogens with one attached hydrogen (secondary N) is 1. The highest BCUT2D eigenvalue weighted by Crippen LogP contribution is 2.21. The van der Waals surface area contributed by atoms with Gasteiger partial charge in [-0.25, -0.2) is 0 Å². The number of rotatable bonds is 4. The van der Waals surface area contributed by atoms with Crippen LogP contribution >= 0.6 is 0 Å². The van der Waals surface area contributed by atoms with Gasteiger partial charge < -0.3 is 10.4 Å². The number of allylic oxidation sites excluding steroid dienone is 5. The lowest BCUT2D eigenvalue weighted by atomic mass is 9.90. The van der Waals surface area contributed by atoms with E-state index in [4.69, 9.17) is 5.11 Å². The summed E-state index contributed by atoms with van der Waals surface area (Å²) in [4.78, 5) is 0. The zero-order chi connectivity index (χ0) is 16.2. The summed E-state index contributed by atoms with van der Waals surface area (Å²) in [6.45, 7) is 10.5. The Labute approximate surface area is 137 Å². The van der Waals surface area contributed by atoms with Crippen molar-refractivity contribution in [3.63, 3.8) is 0 Å². The molecule has 0 unspecified atom stereocenters. The molecule has 2 rings (SSSR count). The van der Waals surface area contributed by atoms with Crippen molar-refractivity contribution in [3.8, 4) is 0 Å². The van der Waals surface area contributed by atoms with Gasteiger partial charge in [0.25, 0.3) is 0 Å². The van der Waals surface area contributed by atoms with Gasteiger partial charge in [-0.05, 0) is 70.5 Å². The standard InChI is InChI=1S/C14H23N.C6H12O/c1-4-13(6-5-12(2)3)11-14-7-9-15-10-8-14;7-6-4-2-1-3-5-6/h4-6,14-15H,1,7-11H2,2-3H3;6-7H,1-5H2/b13-6+;. The molecule has 2 heteroatoms. The quantitative estimate of drug-likeness (QED) is 0.734. The molecule has 2 nitrogen and oxygen atoms in total. The Kier molecular flexibility index (Phi) is 10.2. The Hall–Kier alpha value is -0.860.